The van der Waals surface area contributed by atoms with E-state index in [9.17, 15) is 27.2 Å². The van der Waals surface area contributed by atoms with E-state index >= 15 is 0 Å². The average Bonchev–Trinajstić information content (AvgIpc) is 3.29. The molecule has 0 radical (unpaired) electrons. The molecule has 0 saturated carbocycles. The van der Waals surface area contributed by atoms with Gasteiger partial charge in [-0.15, -0.1) is 0 Å². The number of rotatable bonds is 6. The first-order chi connectivity index (χ1) is 18.7. The maximum atomic E-state index is 14.0. The zero-order valence-electron chi connectivity index (χ0n) is 20.8. The Morgan fingerprint density at radius 2 is 1.54 bits per heavy atom. The van der Waals surface area contributed by atoms with Gasteiger partial charge in [-0.25, -0.2) is 9.18 Å². The van der Waals surface area contributed by atoms with E-state index in [0.29, 0.717) is 12.1 Å². The van der Waals surface area contributed by atoms with Crippen molar-refractivity contribution in [1.29, 1.82) is 0 Å². The predicted octanol–water partition coefficient (Wildman–Crippen LogP) is 7.37. The second-order valence-electron chi connectivity index (χ2n) is 9.13. The minimum Gasteiger partial charge on any atom is -0.464 e. The summed E-state index contributed by atoms with van der Waals surface area (Å²) in [7, 11) is 0. The Morgan fingerprint density at radius 1 is 0.872 bits per heavy atom. The molecule has 0 heterocycles. The Balaban J connectivity index is 1.68. The first-order valence-electron chi connectivity index (χ1n) is 12.3. The molecule has 8 heteroatoms. The Morgan fingerprint density at radius 3 is 2.21 bits per heavy atom. The zero-order valence-corrected chi connectivity index (χ0v) is 20.8. The number of carbonyl (C=O) groups is 2. The monoisotopic (exact) mass is 533 g/mol. The Kier molecular flexibility index (Phi) is 6.95. The molecular formula is C31H23F4NO3. The zero-order chi connectivity index (χ0) is 27.7. The molecule has 0 aromatic heterocycles. The summed E-state index contributed by atoms with van der Waals surface area (Å²) in [5, 5.41) is 0. The molecule has 0 spiro atoms. The summed E-state index contributed by atoms with van der Waals surface area (Å²) < 4.78 is 58.8. The van der Waals surface area contributed by atoms with Gasteiger partial charge in [0.05, 0.1) is 12.2 Å². The van der Waals surface area contributed by atoms with Gasteiger partial charge in [0.15, 0.2) is 6.04 Å². The Labute approximate surface area is 222 Å². The first-order valence-corrected chi connectivity index (χ1v) is 12.3. The summed E-state index contributed by atoms with van der Waals surface area (Å²) in [5.41, 5.74) is 3.72. The predicted molar refractivity (Wildman–Crippen MR) is 139 cm³/mol. The molecule has 1 atom stereocenters. The number of benzene rings is 4. The number of hydrogen-bond donors (Lipinski definition) is 0. The fraction of sp³-hybridized carbons (Fsp3) is 0.161. The summed E-state index contributed by atoms with van der Waals surface area (Å²) >= 11 is 0. The molecular weight excluding hydrogens is 510 g/mol. The fourth-order valence-corrected chi connectivity index (χ4v) is 4.84. The van der Waals surface area contributed by atoms with Gasteiger partial charge in [0, 0.05) is 11.3 Å². The van der Waals surface area contributed by atoms with Crippen LogP contribution in [0.3, 0.4) is 0 Å². The number of ether oxygens (including phenoxy) is 1. The van der Waals surface area contributed by atoms with E-state index in [2.05, 4.69) is 0 Å². The highest BCUT2D eigenvalue weighted by molar-refractivity contribution is 6.10. The van der Waals surface area contributed by atoms with Gasteiger partial charge in [-0.05, 0) is 89.7 Å². The SMILES string of the molecule is CCOC(=O)C(c1ccc(C(F)(F)F)cc1)N(C(=O)c1ccc(F)cc1)c1ccc2c(c1)-c1ccccc1C2. The normalized spacial score (nSPS) is 12.8. The molecule has 0 fully saturated rings. The largest absolute Gasteiger partial charge is 0.464 e. The maximum Gasteiger partial charge on any atom is 0.416 e. The van der Waals surface area contributed by atoms with E-state index in [4.69, 9.17) is 4.74 Å². The number of nitrogens with zero attached hydrogens (tertiary/aromatic N) is 1. The van der Waals surface area contributed by atoms with Crippen LogP contribution in [0.1, 0.15) is 45.6 Å². The summed E-state index contributed by atoms with van der Waals surface area (Å²) in [6.07, 6.45) is -3.87. The topological polar surface area (TPSA) is 46.6 Å². The molecule has 198 valence electrons. The van der Waals surface area contributed by atoms with E-state index < -0.39 is 35.5 Å². The fourth-order valence-electron chi connectivity index (χ4n) is 4.84. The number of fused-ring (bicyclic) bond motifs is 3. The lowest BCUT2D eigenvalue weighted by atomic mass is 9.99. The molecule has 4 aromatic rings. The molecule has 0 saturated heterocycles. The second-order valence-corrected chi connectivity index (χ2v) is 9.13. The molecule has 39 heavy (non-hydrogen) atoms. The highest BCUT2D eigenvalue weighted by Crippen LogP contribution is 2.41. The molecule has 5 rings (SSSR count). The third-order valence-corrected chi connectivity index (χ3v) is 6.69. The lowest BCUT2D eigenvalue weighted by Gasteiger charge is -2.31. The van der Waals surface area contributed by atoms with Crippen molar-refractivity contribution in [3.8, 4) is 11.1 Å². The van der Waals surface area contributed by atoms with Crippen molar-refractivity contribution in [3.63, 3.8) is 0 Å². The quantitative estimate of drug-likeness (QED) is 0.169. The minimum atomic E-state index is -4.57. The van der Waals surface area contributed by atoms with Crippen LogP contribution in [0, 0.1) is 5.82 Å². The molecule has 0 bridgehead atoms. The van der Waals surface area contributed by atoms with E-state index in [1.54, 1.807) is 19.1 Å². The second kappa shape index (κ2) is 10.4. The van der Waals surface area contributed by atoms with Gasteiger partial charge in [-0.1, -0.05) is 42.5 Å². The van der Waals surface area contributed by atoms with Crippen LogP contribution in [0.25, 0.3) is 11.1 Å². The molecule has 4 nitrogen and oxygen atoms in total. The van der Waals surface area contributed by atoms with Crippen molar-refractivity contribution in [2.45, 2.75) is 25.6 Å². The van der Waals surface area contributed by atoms with Crippen LogP contribution in [0.2, 0.25) is 0 Å². The van der Waals surface area contributed by atoms with E-state index in [1.807, 2.05) is 30.3 Å². The molecule has 0 aliphatic heterocycles. The van der Waals surface area contributed by atoms with Gasteiger partial charge < -0.3 is 4.74 Å². The Bertz CT molecular complexity index is 1530. The van der Waals surface area contributed by atoms with Crippen molar-refractivity contribution in [2.24, 2.45) is 0 Å². The van der Waals surface area contributed by atoms with Crippen LogP contribution >= 0.6 is 0 Å². The highest BCUT2D eigenvalue weighted by Gasteiger charge is 2.37. The first kappa shape index (κ1) is 26.2. The summed E-state index contributed by atoms with van der Waals surface area (Å²) in [4.78, 5) is 28.5. The number of anilines is 1. The van der Waals surface area contributed by atoms with Gasteiger partial charge in [-0.2, -0.15) is 13.2 Å². The summed E-state index contributed by atoms with van der Waals surface area (Å²) in [6, 6.07) is 20.7. The van der Waals surface area contributed by atoms with E-state index in [-0.39, 0.29) is 17.7 Å². The lowest BCUT2D eigenvalue weighted by molar-refractivity contribution is -0.144. The summed E-state index contributed by atoms with van der Waals surface area (Å²) in [6.45, 7) is 1.59. The molecule has 1 aliphatic carbocycles. The van der Waals surface area contributed by atoms with Crippen LogP contribution in [0.4, 0.5) is 23.2 Å². The van der Waals surface area contributed by atoms with Crippen LogP contribution in [0.5, 0.6) is 0 Å². The van der Waals surface area contributed by atoms with Gasteiger partial charge in [0.25, 0.3) is 5.91 Å². The number of hydrogen-bond acceptors (Lipinski definition) is 3. The highest BCUT2D eigenvalue weighted by atomic mass is 19.4. The van der Waals surface area contributed by atoms with Crippen molar-refractivity contribution in [2.75, 3.05) is 11.5 Å². The minimum absolute atomic E-state index is 0.00783. The molecule has 1 aliphatic rings. The number of carbonyl (C=O) groups excluding carboxylic acids is 2. The number of esters is 1. The molecule has 4 aromatic carbocycles. The Hall–Kier alpha value is -4.46. The standard InChI is InChI=1S/C31H23F4NO3/c1-2-39-30(38)28(19-7-12-23(13-8-19)31(33,34)35)36(29(37)20-9-14-24(32)15-10-20)25-16-11-22-17-21-5-3-4-6-26(21)27(22)18-25/h3-16,18,28H,2,17H2,1H3. The van der Waals surface area contributed by atoms with Gasteiger partial charge in [0.1, 0.15) is 5.82 Å². The van der Waals surface area contributed by atoms with Crippen molar-refractivity contribution < 1.29 is 31.9 Å². The number of amides is 1. The average molecular weight is 534 g/mol. The van der Waals surface area contributed by atoms with Crippen molar-refractivity contribution in [3.05, 3.63) is 125 Å². The molecule has 1 unspecified atom stereocenters. The van der Waals surface area contributed by atoms with Crippen molar-refractivity contribution in [1.82, 2.24) is 0 Å². The van der Waals surface area contributed by atoms with Crippen LogP contribution in [-0.2, 0) is 22.1 Å². The third-order valence-electron chi connectivity index (χ3n) is 6.69. The molecule has 0 N–H and O–H groups in total. The lowest BCUT2D eigenvalue weighted by Crippen LogP contribution is -2.40. The summed E-state index contributed by atoms with van der Waals surface area (Å²) in [5.74, 6) is -2.00. The number of halogens is 4. The number of alkyl halides is 3. The van der Waals surface area contributed by atoms with E-state index in [0.717, 1.165) is 58.7 Å². The van der Waals surface area contributed by atoms with Crippen LogP contribution in [-0.4, -0.2) is 18.5 Å². The maximum absolute atomic E-state index is 14.0. The van der Waals surface area contributed by atoms with Crippen LogP contribution in [0.15, 0.2) is 91.0 Å². The van der Waals surface area contributed by atoms with Gasteiger partial charge in [-0.3, -0.25) is 9.69 Å². The third kappa shape index (κ3) is 5.14. The van der Waals surface area contributed by atoms with Gasteiger partial charge >= 0.3 is 12.1 Å². The molecule has 1 amide bonds. The smallest absolute Gasteiger partial charge is 0.416 e. The van der Waals surface area contributed by atoms with Crippen molar-refractivity contribution >= 4 is 17.6 Å². The van der Waals surface area contributed by atoms with Crippen LogP contribution < -0.4 is 4.90 Å². The van der Waals surface area contributed by atoms with Gasteiger partial charge in [0.2, 0.25) is 0 Å². The van der Waals surface area contributed by atoms with E-state index in [1.165, 1.54) is 17.0 Å².